The summed E-state index contributed by atoms with van der Waals surface area (Å²) in [6.45, 7) is 7.57. The summed E-state index contributed by atoms with van der Waals surface area (Å²) in [7, 11) is 0. The highest BCUT2D eigenvalue weighted by Gasteiger charge is 2.17. The summed E-state index contributed by atoms with van der Waals surface area (Å²) < 4.78 is 17.1. The van der Waals surface area contributed by atoms with Gasteiger partial charge in [0.05, 0.1) is 6.61 Å². The summed E-state index contributed by atoms with van der Waals surface area (Å²) in [4.78, 5) is 24.9. The van der Waals surface area contributed by atoms with Gasteiger partial charge in [-0.1, -0.05) is 191 Å². The first kappa shape index (κ1) is 47.9. The highest BCUT2D eigenvalue weighted by atomic mass is 16.6. The number of allylic oxidation sites excluding steroid dienone is 8. The van der Waals surface area contributed by atoms with Crippen LogP contribution in [0, 0.1) is 0 Å². The van der Waals surface area contributed by atoms with Gasteiger partial charge >= 0.3 is 11.9 Å². The van der Waals surface area contributed by atoms with Gasteiger partial charge in [0.2, 0.25) is 0 Å². The summed E-state index contributed by atoms with van der Waals surface area (Å²) in [6, 6.07) is 0. The molecule has 0 saturated heterocycles. The SMILES string of the molecule is CC/C=C\C/C=C\C/C=C\C/C=C\CCC(=O)OCC(COCCCCCCCCCCCCCCCCCC)OC(=O)CCCCCCC. The maximum absolute atomic E-state index is 12.5. The molecule has 0 saturated carbocycles. The number of unbranched alkanes of at least 4 members (excludes halogenated alkanes) is 19. The van der Waals surface area contributed by atoms with E-state index in [1.807, 2.05) is 6.08 Å². The van der Waals surface area contributed by atoms with Crippen LogP contribution in [0.4, 0.5) is 0 Å². The zero-order valence-electron chi connectivity index (χ0n) is 33.2. The van der Waals surface area contributed by atoms with E-state index in [0.29, 0.717) is 25.9 Å². The van der Waals surface area contributed by atoms with Crippen molar-refractivity contribution in [3.8, 4) is 0 Å². The van der Waals surface area contributed by atoms with E-state index in [9.17, 15) is 9.59 Å². The van der Waals surface area contributed by atoms with Crippen LogP contribution in [0.5, 0.6) is 0 Å². The average molecular weight is 701 g/mol. The van der Waals surface area contributed by atoms with Crippen LogP contribution in [0.15, 0.2) is 48.6 Å². The number of carbonyl (C=O) groups excluding carboxylic acids is 2. The molecule has 5 nitrogen and oxygen atoms in total. The molecular formula is C45H80O5. The summed E-state index contributed by atoms with van der Waals surface area (Å²) in [5.74, 6) is -0.501. The second-order valence-corrected chi connectivity index (χ2v) is 13.9. The first-order chi connectivity index (χ1) is 24.6. The van der Waals surface area contributed by atoms with Gasteiger partial charge in [-0.2, -0.15) is 0 Å². The Hall–Kier alpha value is -2.14. The third-order valence-electron chi connectivity index (χ3n) is 8.89. The highest BCUT2D eigenvalue weighted by Crippen LogP contribution is 2.14. The summed E-state index contributed by atoms with van der Waals surface area (Å²) in [5, 5.41) is 0. The molecule has 0 aromatic rings. The third kappa shape index (κ3) is 38.7. The lowest BCUT2D eigenvalue weighted by molar-refractivity contribution is -0.162. The minimum atomic E-state index is -0.555. The number of ether oxygens (including phenoxy) is 3. The minimum Gasteiger partial charge on any atom is -0.462 e. The van der Waals surface area contributed by atoms with Crippen LogP contribution in [0.3, 0.4) is 0 Å². The van der Waals surface area contributed by atoms with Gasteiger partial charge < -0.3 is 14.2 Å². The molecular weight excluding hydrogens is 620 g/mol. The fraction of sp³-hybridized carbons (Fsp3) is 0.778. The molecule has 0 heterocycles. The van der Waals surface area contributed by atoms with E-state index in [4.69, 9.17) is 14.2 Å². The van der Waals surface area contributed by atoms with Gasteiger partial charge in [-0.25, -0.2) is 0 Å². The quantitative estimate of drug-likeness (QED) is 0.0364. The fourth-order valence-electron chi connectivity index (χ4n) is 5.76. The standard InChI is InChI=1S/C45H80O5/c1-4-7-10-13-15-17-19-21-22-23-25-27-29-31-34-37-40-48-41-43(50-45(47)39-36-32-12-9-6-3)42-49-44(46)38-35-33-30-28-26-24-20-18-16-14-11-8-5-2/h8,11,16,18,24,26,30,33,43H,4-7,9-10,12-15,17,19-23,25,27-29,31-32,34-42H2,1-3H3/b11-8-,18-16-,26-24-,33-30-. The van der Waals surface area contributed by atoms with Gasteiger partial charge in [-0.15, -0.1) is 0 Å². The highest BCUT2D eigenvalue weighted by molar-refractivity contribution is 5.70. The first-order valence-corrected chi connectivity index (χ1v) is 21.2. The van der Waals surface area contributed by atoms with Crippen molar-refractivity contribution in [1.82, 2.24) is 0 Å². The Kier molecular flexibility index (Phi) is 39.5. The molecule has 50 heavy (non-hydrogen) atoms. The molecule has 0 rings (SSSR count). The van der Waals surface area contributed by atoms with E-state index in [-0.39, 0.29) is 25.2 Å². The molecule has 1 atom stereocenters. The summed E-state index contributed by atoms with van der Waals surface area (Å²) >= 11 is 0. The molecule has 0 fully saturated rings. The van der Waals surface area contributed by atoms with E-state index >= 15 is 0 Å². The van der Waals surface area contributed by atoms with Gasteiger partial charge in [0.1, 0.15) is 6.61 Å². The molecule has 0 radical (unpaired) electrons. The van der Waals surface area contributed by atoms with Crippen LogP contribution >= 0.6 is 0 Å². The second kappa shape index (κ2) is 41.3. The van der Waals surface area contributed by atoms with E-state index < -0.39 is 6.10 Å². The van der Waals surface area contributed by atoms with E-state index in [0.717, 1.165) is 57.8 Å². The van der Waals surface area contributed by atoms with Gasteiger partial charge in [-0.3, -0.25) is 9.59 Å². The first-order valence-electron chi connectivity index (χ1n) is 21.2. The van der Waals surface area contributed by atoms with Crippen molar-refractivity contribution in [3.63, 3.8) is 0 Å². The van der Waals surface area contributed by atoms with Crippen molar-refractivity contribution in [2.75, 3.05) is 19.8 Å². The summed E-state index contributed by atoms with van der Waals surface area (Å²) in [6.07, 6.45) is 48.6. The van der Waals surface area contributed by atoms with Crippen molar-refractivity contribution in [1.29, 1.82) is 0 Å². The Morgan fingerprint density at radius 3 is 1.40 bits per heavy atom. The molecule has 0 aliphatic heterocycles. The monoisotopic (exact) mass is 701 g/mol. The molecule has 0 amide bonds. The van der Waals surface area contributed by atoms with Crippen molar-refractivity contribution in [2.45, 2.75) is 207 Å². The summed E-state index contributed by atoms with van der Waals surface area (Å²) in [5.41, 5.74) is 0. The second-order valence-electron chi connectivity index (χ2n) is 13.9. The van der Waals surface area contributed by atoms with Crippen molar-refractivity contribution in [3.05, 3.63) is 48.6 Å². The number of esters is 2. The maximum Gasteiger partial charge on any atom is 0.306 e. The van der Waals surface area contributed by atoms with Crippen molar-refractivity contribution >= 4 is 11.9 Å². The van der Waals surface area contributed by atoms with Crippen molar-refractivity contribution < 1.29 is 23.8 Å². The topological polar surface area (TPSA) is 61.8 Å². The smallest absolute Gasteiger partial charge is 0.306 e. The average Bonchev–Trinajstić information content (AvgIpc) is 3.11. The minimum absolute atomic E-state index is 0.0492. The van der Waals surface area contributed by atoms with Gasteiger partial charge in [0, 0.05) is 19.4 Å². The number of rotatable bonds is 38. The molecule has 1 unspecified atom stereocenters. The molecule has 0 bridgehead atoms. The van der Waals surface area contributed by atoms with Crippen LogP contribution in [-0.2, 0) is 23.8 Å². The van der Waals surface area contributed by atoms with E-state index in [2.05, 4.69) is 63.3 Å². The van der Waals surface area contributed by atoms with Crippen molar-refractivity contribution in [2.24, 2.45) is 0 Å². The number of hydrogen-bond acceptors (Lipinski definition) is 5. The van der Waals surface area contributed by atoms with Crippen LogP contribution in [0.2, 0.25) is 0 Å². The molecule has 290 valence electrons. The lowest BCUT2D eigenvalue weighted by Crippen LogP contribution is -2.30. The van der Waals surface area contributed by atoms with E-state index in [1.165, 1.54) is 103 Å². The zero-order valence-corrected chi connectivity index (χ0v) is 33.2. The predicted molar refractivity (Wildman–Crippen MR) is 215 cm³/mol. The molecule has 5 heteroatoms. The van der Waals surface area contributed by atoms with Gasteiger partial charge in [0.25, 0.3) is 0 Å². The van der Waals surface area contributed by atoms with E-state index in [1.54, 1.807) is 0 Å². The molecule has 0 N–H and O–H groups in total. The zero-order chi connectivity index (χ0) is 36.4. The van der Waals surface area contributed by atoms with Crippen LogP contribution in [-0.4, -0.2) is 37.9 Å². The molecule has 0 aliphatic carbocycles. The lowest BCUT2D eigenvalue weighted by Gasteiger charge is -2.18. The fourth-order valence-corrected chi connectivity index (χ4v) is 5.76. The van der Waals surface area contributed by atoms with Crippen LogP contribution < -0.4 is 0 Å². The molecule has 0 aromatic carbocycles. The Labute approximate surface area is 310 Å². The maximum atomic E-state index is 12.5. The predicted octanol–water partition coefficient (Wildman–Crippen LogP) is 13.7. The normalized spacial score (nSPS) is 12.6. The Morgan fingerprint density at radius 1 is 0.460 bits per heavy atom. The third-order valence-corrected chi connectivity index (χ3v) is 8.89. The number of hydrogen-bond donors (Lipinski definition) is 0. The Balaban J connectivity index is 4.14. The molecule has 0 aromatic heterocycles. The molecule has 0 spiro atoms. The largest absolute Gasteiger partial charge is 0.462 e. The Morgan fingerprint density at radius 2 is 0.900 bits per heavy atom. The van der Waals surface area contributed by atoms with Gasteiger partial charge in [0.15, 0.2) is 6.10 Å². The molecule has 0 aliphatic rings. The lowest BCUT2D eigenvalue weighted by atomic mass is 10.0. The Bertz CT molecular complexity index is 842. The number of carbonyl (C=O) groups is 2. The van der Waals surface area contributed by atoms with Gasteiger partial charge in [-0.05, 0) is 44.9 Å². The van der Waals surface area contributed by atoms with Crippen LogP contribution in [0.1, 0.15) is 201 Å². The van der Waals surface area contributed by atoms with Crippen LogP contribution in [0.25, 0.3) is 0 Å².